The highest BCUT2D eigenvalue weighted by molar-refractivity contribution is 7.98. The molecule has 0 bridgehead atoms. The zero-order valence-corrected chi connectivity index (χ0v) is 19.1. The van der Waals surface area contributed by atoms with Crippen molar-refractivity contribution >= 4 is 56.4 Å². The second-order valence-electron chi connectivity index (χ2n) is 6.29. The van der Waals surface area contributed by atoms with Crippen LogP contribution in [0.3, 0.4) is 0 Å². The number of thioether (sulfide) groups is 1. The molecule has 0 saturated heterocycles. The van der Waals surface area contributed by atoms with Gasteiger partial charge in [-0.3, -0.25) is 0 Å². The molecular formula is C18H18N6O3S3. The van der Waals surface area contributed by atoms with Crippen LogP contribution in [0.2, 0.25) is 0 Å². The first-order valence-electron chi connectivity index (χ1n) is 9.00. The normalized spacial score (nSPS) is 11.3. The van der Waals surface area contributed by atoms with E-state index < -0.39 is 0 Å². The van der Waals surface area contributed by atoms with E-state index in [-0.39, 0.29) is 5.97 Å². The highest BCUT2D eigenvalue weighted by Gasteiger charge is 2.21. The number of aryl methyl sites for hydroxylation is 3. The molecule has 0 spiro atoms. The maximum absolute atomic E-state index is 12.2. The van der Waals surface area contributed by atoms with Crippen molar-refractivity contribution in [1.29, 1.82) is 0 Å². The fourth-order valence-electron chi connectivity index (χ4n) is 2.89. The van der Waals surface area contributed by atoms with Gasteiger partial charge in [-0.25, -0.2) is 19.7 Å². The fraction of sp³-hybridized carbons (Fsp3) is 0.333. The third-order valence-corrected chi connectivity index (χ3v) is 7.20. The van der Waals surface area contributed by atoms with Crippen molar-refractivity contribution in [2.24, 2.45) is 0 Å². The number of ether oxygens (including phenoxy) is 1. The molecule has 4 heterocycles. The van der Waals surface area contributed by atoms with Crippen LogP contribution in [0, 0.1) is 20.8 Å². The number of anilines is 1. The van der Waals surface area contributed by atoms with E-state index in [4.69, 9.17) is 14.9 Å². The molecule has 156 valence electrons. The number of hydrogen-bond acceptors (Lipinski definition) is 12. The quantitative estimate of drug-likeness (QED) is 0.329. The van der Waals surface area contributed by atoms with E-state index in [9.17, 15) is 4.79 Å². The lowest BCUT2D eigenvalue weighted by Gasteiger charge is -2.02. The number of esters is 1. The summed E-state index contributed by atoms with van der Waals surface area (Å²) in [5, 5.41) is 10.2. The summed E-state index contributed by atoms with van der Waals surface area (Å²) in [5.74, 6) is 1.33. The fourth-order valence-corrected chi connectivity index (χ4v) is 5.45. The summed E-state index contributed by atoms with van der Waals surface area (Å²) >= 11 is 4.09. The van der Waals surface area contributed by atoms with Gasteiger partial charge in [-0.05, 0) is 33.3 Å². The van der Waals surface area contributed by atoms with Gasteiger partial charge in [-0.15, -0.1) is 32.9 Å². The standard InChI is InChI=1S/C18H18N6O3S3/c1-5-26-17(25)12-7(2)11-14(19)21-10(22-16(11)30-12)6-28-18-24-23-15(27-18)13-8(3)20-9(4)29-13/h5-6H2,1-4H3,(H2,19,21,22). The number of aromatic nitrogens is 5. The Kier molecular flexibility index (Phi) is 5.71. The van der Waals surface area contributed by atoms with Crippen LogP contribution in [0.25, 0.3) is 21.0 Å². The van der Waals surface area contributed by atoms with Gasteiger partial charge in [-0.2, -0.15) is 0 Å². The smallest absolute Gasteiger partial charge is 0.348 e. The van der Waals surface area contributed by atoms with Crippen LogP contribution in [0.15, 0.2) is 9.64 Å². The number of nitrogen functional groups attached to an aromatic ring is 1. The lowest BCUT2D eigenvalue weighted by molar-refractivity contribution is 0.0531. The minimum absolute atomic E-state index is 0.308. The van der Waals surface area contributed by atoms with Crippen LogP contribution in [0.4, 0.5) is 5.82 Å². The van der Waals surface area contributed by atoms with Gasteiger partial charge in [0.15, 0.2) is 0 Å². The van der Waals surface area contributed by atoms with Gasteiger partial charge in [0.05, 0.1) is 28.4 Å². The van der Waals surface area contributed by atoms with Gasteiger partial charge in [0.25, 0.3) is 11.1 Å². The van der Waals surface area contributed by atoms with Crippen molar-refractivity contribution in [3.8, 4) is 10.8 Å². The Morgan fingerprint density at radius 3 is 2.67 bits per heavy atom. The van der Waals surface area contributed by atoms with Crippen LogP contribution in [0.5, 0.6) is 0 Å². The van der Waals surface area contributed by atoms with E-state index in [0.29, 0.717) is 50.2 Å². The third kappa shape index (κ3) is 3.89. The van der Waals surface area contributed by atoms with Crippen LogP contribution in [0.1, 0.15) is 38.7 Å². The number of hydrogen-bond donors (Lipinski definition) is 1. The second kappa shape index (κ2) is 8.28. The molecule has 0 aliphatic carbocycles. The molecule has 30 heavy (non-hydrogen) atoms. The van der Waals surface area contributed by atoms with Gasteiger partial charge >= 0.3 is 5.97 Å². The molecule has 0 atom stereocenters. The van der Waals surface area contributed by atoms with E-state index >= 15 is 0 Å². The molecule has 0 aliphatic heterocycles. The van der Waals surface area contributed by atoms with Crippen LogP contribution >= 0.6 is 34.4 Å². The highest BCUT2D eigenvalue weighted by atomic mass is 32.2. The molecule has 0 aliphatic rings. The first-order valence-corrected chi connectivity index (χ1v) is 11.6. The molecule has 0 amide bonds. The average molecular weight is 463 g/mol. The van der Waals surface area contributed by atoms with Crippen molar-refractivity contribution < 1.29 is 13.9 Å². The zero-order chi connectivity index (χ0) is 21.4. The summed E-state index contributed by atoms with van der Waals surface area (Å²) < 4.78 is 10.9. The summed E-state index contributed by atoms with van der Waals surface area (Å²) in [6, 6.07) is 0. The minimum Gasteiger partial charge on any atom is -0.462 e. The summed E-state index contributed by atoms with van der Waals surface area (Å²) in [7, 11) is 0. The Bertz CT molecular complexity index is 1250. The molecule has 0 radical (unpaired) electrons. The molecule has 0 unspecified atom stereocenters. The van der Waals surface area contributed by atoms with Crippen LogP contribution < -0.4 is 5.73 Å². The Morgan fingerprint density at radius 1 is 1.17 bits per heavy atom. The van der Waals surface area contributed by atoms with Gasteiger partial charge in [0.2, 0.25) is 0 Å². The maximum Gasteiger partial charge on any atom is 0.348 e. The molecule has 9 nitrogen and oxygen atoms in total. The number of carbonyl (C=O) groups is 1. The van der Waals surface area contributed by atoms with Gasteiger partial charge < -0.3 is 14.9 Å². The number of thiophene rings is 1. The molecule has 4 rings (SSSR count). The summed E-state index contributed by atoms with van der Waals surface area (Å²) in [6.45, 7) is 7.75. The largest absolute Gasteiger partial charge is 0.462 e. The average Bonchev–Trinajstić information content (AvgIpc) is 3.37. The van der Waals surface area contributed by atoms with E-state index in [2.05, 4.69) is 25.1 Å². The second-order valence-corrected chi connectivity index (χ2v) is 9.42. The molecule has 4 aromatic heterocycles. The first-order chi connectivity index (χ1) is 14.4. The number of nitrogens with two attached hydrogens (primary N) is 1. The van der Waals surface area contributed by atoms with E-state index in [1.165, 1.54) is 34.4 Å². The Balaban J connectivity index is 1.55. The predicted octanol–water partition coefficient (Wildman–Crippen LogP) is 4.17. The number of nitrogens with zero attached hydrogens (tertiary/aromatic N) is 5. The van der Waals surface area contributed by atoms with Crippen molar-refractivity contribution in [2.45, 2.75) is 38.7 Å². The Labute approximate surface area is 184 Å². The summed E-state index contributed by atoms with van der Waals surface area (Å²) in [6.07, 6.45) is 0. The Morgan fingerprint density at radius 2 is 1.97 bits per heavy atom. The third-order valence-electron chi connectivity index (χ3n) is 4.15. The number of rotatable bonds is 6. The van der Waals surface area contributed by atoms with Crippen LogP contribution in [-0.4, -0.2) is 37.7 Å². The van der Waals surface area contributed by atoms with E-state index in [1.807, 2.05) is 20.8 Å². The SMILES string of the molecule is CCOC(=O)c1sc2nc(CSc3nnc(-c4sc(C)nc4C)o3)nc(N)c2c1C. The topological polar surface area (TPSA) is 130 Å². The van der Waals surface area contributed by atoms with Crippen molar-refractivity contribution in [1.82, 2.24) is 25.1 Å². The van der Waals surface area contributed by atoms with E-state index in [0.717, 1.165) is 21.1 Å². The number of thiazole rings is 1. The summed E-state index contributed by atoms with van der Waals surface area (Å²) in [5.41, 5.74) is 7.75. The van der Waals surface area contributed by atoms with Crippen molar-refractivity contribution in [3.05, 3.63) is 27.0 Å². The number of carbonyl (C=O) groups excluding carboxylic acids is 1. The summed E-state index contributed by atoms with van der Waals surface area (Å²) in [4.78, 5) is 27.5. The lowest BCUT2D eigenvalue weighted by Crippen LogP contribution is -2.03. The molecular weight excluding hydrogens is 444 g/mol. The highest BCUT2D eigenvalue weighted by Crippen LogP contribution is 2.35. The Hall–Kier alpha value is -2.57. The molecule has 4 aromatic rings. The predicted molar refractivity (Wildman–Crippen MR) is 117 cm³/mol. The van der Waals surface area contributed by atoms with Gasteiger partial charge in [-0.1, -0.05) is 11.8 Å². The maximum atomic E-state index is 12.2. The van der Waals surface area contributed by atoms with Crippen molar-refractivity contribution in [2.75, 3.05) is 12.3 Å². The van der Waals surface area contributed by atoms with Crippen LogP contribution in [-0.2, 0) is 10.5 Å². The molecule has 12 heteroatoms. The first kappa shape index (κ1) is 20.7. The molecule has 0 fully saturated rings. The number of fused-ring (bicyclic) bond motifs is 1. The van der Waals surface area contributed by atoms with E-state index in [1.54, 1.807) is 6.92 Å². The monoisotopic (exact) mass is 462 g/mol. The molecule has 2 N–H and O–H groups in total. The zero-order valence-electron chi connectivity index (χ0n) is 16.7. The minimum atomic E-state index is -0.375. The molecule has 0 aromatic carbocycles. The van der Waals surface area contributed by atoms with Crippen molar-refractivity contribution in [3.63, 3.8) is 0 Å². The van der Waals surface area contributed by atoms with Gasteiger partial charge in [0.1, 0.15) is 26.2 Å². The van der Waals surface area contributed by atoms with Gasteiger partial charge in [0, 0.05) is 0 Å². The molecule has 0 saturated carbocycles. The lowest BCUT2D eigenvalue weighted by atomic mass is 10.2.